The van der Waals surface area contributed by atoms with E-state index in [1.807, 2.05) is 0 Å². The molecule has 0 N–H and O–H groups in total. The van der Waals surface area contributed by atoms with E-state index in [9.17, 15) is 4.39 Å². The van der Waals surface area contributed by atoms with Gasteiger partial charge in [-0.3, -0.25) is 0 Å². The second-order valence-electron chi connectivity index (χ2n) is 2.15. The summed E-state index contributed by atoms with van der Waals surface area (Å²) in [6.45, 7) is 1.63. The van der Waals surface area contributed by atoms with Crippen LogP contribution in [0.5, 0.6) is 0 Å². The van der Waals surface area contributed by atoms with Crippen molar-refractivity contribution in [2.24, 2.45) is 0 Å². The molecule has 0 fully saturated rings. The molecule has 1 aromatic carbocycles. The molecule has 0 aliphatic heterocycles. The van der Waals surface area contributed by atoms with Crippen molar-refractivity contribution in [1.29, 1.82) is 5.26 Å². The molecule has 3 heteroatoms. The van der Waals surface area contributed by atoms with Gasteiger partial charge >= 0.3 is 0 Å². The molecular formula is C8H5BrFN. The van der Waals surface area contributed by atoms with Gasteiger partial charge in [0.1, 0.15) is 11.9 Å². The van der Waals surface area contributed by atoms with Crippen LogP contribution in [0.4, 0.5) is 4.39 Å². The third-order valence-corrected chi connectivity index (χ3v) is 2.30. The fraction of sp³-hybridized carbons (Fsp3) is 0.125. The molecule has 56 valence electrons. The first-order chi connectivity index (χ1) is 5.16. The molecule has 1 aromatic rings. The lowest BCUT2D eigenvalue weighted by atomic mass is 10.1. The monoisotopic (exact) mass is 213 g/mol. The number of halogens is 2. The highest BCUT2D eigenvalue weighted by atomic mass is 79.9. The van der Waals surface area contributed by atoms with Crippen LogP contribution in [0.15, 0.2) is 16.6 Å². The SMILES string of the molecule is Cc1c(Br)ccc(C#N)c1F. The van der Waals surface area contributed by atoms with Gasteiger partial charge < -0.3 is 0 Å². The van der Waals surface area contributed by atoms with Gasteiger partial charge in [-0.05, 0) is 19.1 Å². The first-order valence-corrected chi connectivity index (χ1v) is 3.81. The van der Waals surface area contributed by atoms with Gasteiger partial charge in [-0.25, -0.2) is 4.39 Å². The summed E-state index contributed by atoms with van der Waals surface area (Å²) in [5.41, 5.74) is 0.565. The molecule has 0 saturated carbocycles. The highest BCUT2D eigenvalue weighted by Crippen LogP contribution is 2.20. The van der Waals surface area contributed by atoms with Crippen molar-refractivity contribution in [3.63, 3.8) is 0 Å². The number of hydrogen-bond donors (Lipinski definition) is 0. The number of nitriles is 1. The Morgan fingerprint density at radius 1 is 1.55 bits per heavy atom. The molecule has 0 aliphatic rings. The predicted molar refractivity (Wildman–Crippen MR) is 43.6 cm³/mol. The summed E-state index contributed by atoms with van der Waals surface area (Å²) in [6.07, 6.45) is 0. The van der Waals surface area contributed by atoms with Crippen LogP contribution in [-0.4, -0.2) is 0 Å². The van der Waals surface area contributed by atoms with Gasteiger partial charge in [0.15, 0.2) is 0 Å². The summed E-state index contributed by atoms with van der Waals surface area (Å²) in [4.78, 5) is 0. The maximum Gasteiger partial charge on any atom is 0.144 e. The highest BCUT2D eigenvalue weighted by Gasteiger charge is 2.06. The first-order valence-electron chi connectivity index (χ1n) is 3.01. The molecular weight excluding hydrogens is 209 g/mol. The van der Waals surface area contributed by atoms with Gasteiger partial charge in [-0.2, -0.15) is 5.26 Å². The summed E-state index contributed by atoms with van der Waals surface area (Å²) < 4.78 is 13.7. The number of nitrogens with zero attached hydrogens (tertiary/aromatic N) is 1. The molecule has 0 atom stereocenters. The van der Waals surface area contributed by atoms with Crippen LogP contribution >= 0.6 is 15.9 Å². The molecule has 1 rings (SSSR count). The number of benzene rings is 1. The molecule has 0 unspecified atom stereocenters. The van der Waals surface area contributed by atoms with Crippen molar-refractivity contribution < 1.29 is 4.39 Å². The fourth-order valence-corrected chi connectivity index (χ4v) is 1.05. The van der Waals surface area contributed by atoms with Crippen LogP contribution in [0, 0.1) is 24.1 Å². The van der Waals surface area contributed by atoms with Crippen molar-refractivity contribution in [2.75, 3.05) is 0 Å². The second-order valence-corrected chi connectivity index (χ2v) is 3.00. The van der Waals surface area contributed by atoms with Crippen molar-refractivity contribution >= 4 is 15.9 Å². The maximum atomic E-state index is 13.0. The van der Waals surface area contributed by atoms with Crippen LogP contribution in [0.25, 0.3) is 0 Å². The zero-order valence-electron chi connectivity index (χ0n) is 5.86. The third kappa shape index (κ3) is 1.41. The predicted octanol–water partition coefficient (Wildman–Crippen LogP) is 2.77. The third-order valence-electron chi connectivity index (χ3n) is 1.44. The van der Waals surface area contributed by atoms with Crippen molar-refractivity contribution in [1.82, 2.24) is 0 Å². The summed E-state index contributed by atoms with van der Waals surface area (Å²) >= 11 is 3.16. The largest absolute Gasteiger partial charge is 0.205 e. The lowest BCUT2D eigenvalue weighted by molar-refractivity contribution is 0.613. The Morgan fingerprint density at radius 2 is 2.18 bits per heavy atom. The van der Waals surface area contributed by atoms with E-state index in [-0.39, 0.29) is 5.56 Å². The van der Waals surface area contributed by atoms with Crippen LogP contribution < -0.4 is 0 Å². The molecule has 1 nitrogen and oxygen atoms in total. The quantitative estimate of drug-likeness (QED) is 0.651. The Morgan fingerprint density at radius 3 is 2.73 bits per heavy atom. The van der Waals surface area contributed by atoms with Gasteiger partial charge in [0.05, 0.1) is 5.56 Å². The zero-order valence-corrected chi connectivity index (χ0v) is 7.44. The Kier molecular flexibility index (Phi) is 2.25. The normalized spacial score (nSPS) is 9.27. The Bertz CT molecular complexity index is 328. The van der Waals surface area contributed by atoms with E-state index in [1.165, 1.54) is 6.07 Å². The van der Waals surface area contributed by atoms with E-state index >= 15 is 0 Å². The van der Waals surface area contributed by atoms with E-state index in [0.29, 0.717) is 10.0 Å². The molecule has 0 amide bonds. The van der Waals surface area contributed by atoms with Crippen LogP contribution in [0.3, 0.4) is 0 Å². The average Bonchev–Trinajstić information content (AvgIpc) is 2.01. The minimum absolute atomic E-state index is 0.0886. The summed E-state index contributed by atoms with van der Waals surface area (Å²) in [7, 11) is 0. The van der Waals surface area contributed by atoms with Crippen LogP contribution in [0.2, 0.25) is 0 Å². The fourth-order valence-electron chi connectivity index (χ4n) is 0.748. The minimum Gasteiger partial charge on any atom is -0.205 e. The van der Waals surface area contributed by atoms with Crippen LogP contribution in [0.1, 0.15) is 11.1 Å². The molecule has 0 spiro atoms. The average molecular weight is 214 g/mol. The van der Waals surface area contributed by atoms with E-state index in [0.717, 1.165) is 0 Å². The Labute approximate surface area is 72.6 Å². The summed E-state index contributed by atoms with van der Waals surface area (Å²) in [6, 6.07) is 4.88. The lowest BCUT2D eigenvalue weighted by Crippen LogP contribution is -1.88. The van der Waals surface area contributed by atoms with E-state index in [2.05, 4.69) is 15.9 Å². The molecule has 0 radical (unpaired) electrons. The summed E-state index contributed by atoms with van der Waals surface area (Å²) in [5, 5.41) is 8.43. The smallest absolute Gasteiger partial charge is 0.144 e. The first kappa shape index (κ1) is 8.22. The topological polar surface area (TPSA) is 23.8 Å². The van der Waals surface area contributed by atoms with Gasteiger partial charge in [-0.1, -0.05) is 15.9 Å². The number of hydrogen-bond acceptors (Lipinski definition) is 1. The van der Waals surface area contributed by atoms with Crippen molar-refractivity contribution in [3.8, 4) is 6.07 Å². The molecule has 11 heavy (non-hydrogen) atoms. The zero-order chi connectivity index (χ0) is 8.43. The minimum atomic E-state index is -0.443. The van der Waals surface area contributed by atoms with E-state index in [1.54, 1.807) is 19.1 Å². The van der Waals surface area contributed by atoms with Crippen molar-refractivity contribution in [3.05, 3.63) is 33.5 Å². The lowest BCUT2D eigenvalue weighted by Gasteiger charge is -1.99. The molecule has 0 saturated heterocycles. The maximum absolute atomic E-state index is 13.0. The second kappa shape index (κ2) is 3.02. The summed E-state index contributed by atoms with van der Waals surface area (Å²) in [5.74, 6) is -0.443. The van der Waals surface area contributed by atoms with E-state index < -0.39 is 5.82 Å². The molecule has 0 bridgehead atoms. The van der Waals surface area contributed by atoms with Gasteiger partial charge in [-0.15, -0.1) is 0 Å². The van der Waals surface area contributed by atoms with Gasteiger partial charge in [0.2, 0.25) is 0 Å². The standard InChI is InChI=1S/C8H5BrFN/c1-5-7(9)3-2-6(4-11)8(5)10/h2-3H,1H3. The van der Waals surface area contributed by atoms with E-state index in [4.69, 9.17) is 5.26 Å². The van der Waals surface area contributed by atoms with Crippen molar-refractivity contribution in [2.45, 2.75) is 6.92 Å². The van der Waals surface area contributed by atoms with Gasteiger partial charge in [0.25, 0.3) is 0 Å². The molecule has 0 heterocycles. The Hall–Kier alpha value is -0.880. The molecule has 0 aliphatic carbocycles. The van der Waals surface area contributed by atoms with Gasteiger partial charge in [0, 0.05) is 10.0 Å². The van der Waals surface area contributed by atoms with Crippen LogP contribution in [-0.2, 0) is 0 Å². The number of rotatable bonds is 0. The molecule has 0 aromatic heterocycles. The highest BCUT2D eigenvalue weighted by molar-refractivity contribution is 9.10. The Balaban J connectivity index is 3.40.